The van der Waals surface area contributed by atoms with Gasteiger partial charge in [0.2, 0.25) is 0 Å². The van der Waals surface area contributed by atoms with Crippen LogP contribution in [0.1, 0.15) is 28.6 Å². The van der Waals surface area contributed by atoms with E-state index in [1.807, 2.05) is 0 Å². The van der Waals surface area contributed by atoms with Crippen LogP contribution in [-0.2, 0) is 4.79 Å². The Morgan fingerprint density at radius 2 is 2.11 bits per heavy atom. The van der Waals surface area contributed by atoms with E-state index in [9.17, 15) is 19.1 Å². The summed E-state index contributed by atoms with van der Waals surface area (Å²) in [6.45, 7) is 3.12. The van der Waals surface area contributed by atoms with Gasteiger partial charge in [0.1, 0.15) is 17.3 Å². The van der Waals surface area contributed by atoms with E-state index in [4.69, 9.17) is 20.8 Å². The Bertz CT molecular complexity index is 843. The zero-order valence-electron chi connectivity index (χ0n) is 15.4. The van der Waals surface area contributed by atoms with Gasteiger partial charge in [-0.05, 0) is 25.5 Å². The molecule has 2 amide bonds. The lowest BCUT2D eigenvalue weighted by molar-refractivity contribution is -0.123. The number of aliphatic hydroxyl groups excluding tert-OH is 1. The van der Waals surface area contributed by atoms with Crippen molar-refractivity contribution in [3.8, 4) is 5.75 Å². The van der Waals surface area contributed by atoms with Gasteiger partial charge in [0.15, 0.2) is 18.2 Å². The van der Waals surface area contributed by atoms with Crippen molar-refractivity contribution in [1.29, 1.82) is 0 Å². The number of ether oxygens (including phenoxy) is 1. The zero-order valence-corrected chi connectivity index (χ0v) is 16.2. The van der Waals surface area contributed by atoms with Crippen molar-refractivity contribution in [2.75, 3.05) is 19.7 Å². The van der Waals surface area contributed by atoms with Crippen LogP contribution in [0.2, 0.25) is 5.02 Å². The molecule has 0 spiro atoms. The molecule has 0 radical (unpaired) electrons. The van der Waals surface area contributed by atoms with Gasteiger partial charge in [-0.15, -0.1) is 0 Å². The van der Waals surface area contributed by atoms with Crippen molar-refractivity contribution in [2.45, 2.75) is 26.4 Å². The number of oxazole rings is 1. The number of carbonyl (C=O) groups is 2. The maximum absolute atomic E-state index is 13.3. The third-order valence-corrected chi connectivity index (χ3v) is 3.98. The van der Waals surface area contributed by atoms with Gasteiger partial charge < -0.3 is 24.9 Å². The van der Waals surface area contributed by atoms with Gasteiger partial charge >= 0.3 is 0 Å². The van der Waals surface area contributed by atoms with Crippen molar-refractivity contribution < 1.29 is 28.2 Å². The highest BCUT2D eigenvalue weighted by Gasteiger charge is 2.15. The Labute approximate surface area is 166 Å². The lowest BCUT2D eigenvalue weighted by Gasteiger charge is -2.13. The molecule has 1 atom stereocenters. The highest BCUT2D eigenvalue weighted by atomic mass is 35.5. The lowest BCUT2D eigenvalue weighted by Crippen LogP contribution is -2.37. The molecule has 0 aliphatic carbocycles. The number of hydrogen-bond donors (Lipinski definition) is 3. The number of aliphatic hydroxyl groups is 1. The third kappa shape index (κ3) is 6.50. The molecule has 0 saturated carbocycles. The van der Waals surface area contributed by atoms with E-state index in [0.717, 1.165) is 6.07 Å². The summed E-state index contributed by atoms with van der Waals surface area (Å²) in [7, 11) is 0. The topological polar surface area (TPSA) is 114 Å². The average molecular weight is 414 g/mol. The molecule has 3 N–H and O–H groups in total. The molecule has 0 saturated heterocycles. The smallest absolute Gasteiger partial charge is 0.273 e. The minimum absolute atomic E-state index is 0.0187. The monoisotopic (exact) mass is 413 g/mol. The van der Waals surface area contributed by atoms with Crippen molar-refractivity contribution in [1.82, 2.24) is 15.6 Å². The van der Waals surface area contributed by atoms with Crippen LogP contribution in [0.25, 0.3) is 0 Å². The van der Waals surface area contributed by atoms with Gasteiger partial charge in [-0.1, -0.05) is 11.6 Å². The summed E-state index contributed by atoms with van der Waals surface area (Å²) in [4.78, 5) is 27.7. The minimum Gasteiger partial charge on any atom is -0.484 e. The number of halogens is 2. The summed E-state index contributed by atoms with van der Waals surface area (Å²) in [6.07, 6.45) is -0.636. The van der Waals surface area contributed by atoms with Crippen LogP contribution in [0.5, 0.6) is 5.75 Å². The minimum atomic E-state index is -0.864. The number of hydrogen-bond acceptors (Lipinski definition) is 6. The van der Waals surface area contributed by atoms with E-state index < -0.39 is 23.7 Å². The summed E-state index contributed by atoms with van der Waals surface area (Å²) in [5, 5.41) is 15.0. The number of rotatable bonds is 9. The number of amides is 2. The molecule has 28 heavy (non-hydrogen) atoms. The molecule has 1 aromatic carbocycles. The van der Waals surface area contributed by atoms with Gasteiger partial charge in [0.05, 0.1) is 11.1 Å². The summed E-state index contributed by atoms with van der Waals surface area (Å²) in [6, 6.07) is 3.84. The van der Waals surface area contributed by atoms with Crippen LogP contribution in [0.3, 0.4) is 0 Å². The first-order chi connectivity index (χ1) is 13.3. The molecular formula is C18H21ClFN3O5. The van der Waals surface area contributed by atoms with Crippen LogP contribution < -0.4 is 15.4 Å². The number of nitrogens with one attached hydrogen (secondary N) is 2. The second kappa shape index (κ2) is 10.0. The number of aryl methyl sites for hydroxylation is 2. The van der Waals surface area contributed by atoms with Crippen LogP contribution in [0.4, 0.5) is 4.39 Å². The quantitative estimate of drug-likeness (QED) is 0.577. The van der Waals surface area contributed by atoms with E-state index >= 15 is 0 Å². The molecule has 152 valence electrons. The Hall–Kier alpha value is -2.65. The van der Waals surface area contributed by atoms with Crippen molar-refractivity contribution in [3.05, 3.63) is 46.4 Å². The predicted octanol–water partition coefficient (Wildman–Crippen LogP) is 1.76. The second-order valence-electron chi connectivity index (χ2n) is 6.00. The highest BCUT2D eigenvalue weighted by Crippen LogP contribution is 2.20. The highest BCUT2D eigenvalue weighted by molar-refractivity contribution is 6.30. The third-order valence-electron chi connectivity index (χ3n) is 3.68. The molecule has 0 fully saturated rings. The molecule has 0 aliphatic rings. The fourth-order valence-corrected chi connectivity index (χ4v) is 2.39. The lowest BCUT2D eigenvalue weighted by atomic mass is 10.2. The summed E-state index contributed by atoms with van der Waals surface area (Å²) in [5.41, 5.74) is 0.205. The first-order valence-corrected chi connectivity index (χ1v) is 8.89. The normalized spacial score (nSPS) is 11.8. The number of aromatic nitrogens is 1. The first kappa shape index (κ1) is 21.6. The Balaban J connectivity index is 1.64. The molecule has 0 bridgehead atoms. The first-order valence-electron chi connectivity index (χ1n) is 8.51. The van der Waals surface area contributed by atoms with Gasteiger partial charge in [-0.2, -0.15) is 0 Å². The van der Waals surface area contributed by atoms with Gasteiger partial charge in [0.25, 0.3) is 11.8 Å². The fourth-order valence-electron chi connectivity index (χ4n) is 2.28. The maximum Gasteiger partial charge on any atom is 0.273 e. The Kier molecular flexibility index (Phi) is 7.77. The van der Waals surface area contributed by atoms with Crippen LogP contribution in [0, 0.1) is 19.7 Å². The van der Waals surface area contributed by atoms with Crippen LogP contribution in [-0.4, -0.2) is 47.7 Å². The van der Waals surface area contributed by atoms with E-state index in [2.05, 4.69) is 15.6 Å². The van der Waals surface area contributed by atoms with Crippen molar-refractivity contribution in [3.63, 3.8) is 0 Å². The van der Waals surface area contributed by atoms with Gasteiger partial charge in [0, 0.05) is 26.1 Å². The van der Waals surface area contributed by atoms with E-state index in [-0.39, 0.29) is 42.6 Å². The maximum atomic E-state index is 13.3. The average Bonchev–Trinajstić information content (AvgIpc) is 2.99. The van der Waals surface area contributed by atoms with Crippen molar-refractivity contribution in [2.24, 2.45) is 0 Å². The zero-order chi connectivity index (χ0) is 20.7. The largest absolute Gasteiger partial charge is 0.484 e. The molecule has 1 heterocycles. The Morgan fingerprint density at radius 3 is 2.75 bits per heavy atom. The molecule has 1 unspecified atom stereocenters. The molecule has 10 heteroatoms. The molecule has 0 aliphatic heterocycles. The van der Waals surface area contributed by atoms with Crippen LogP contribution in [0.15, 0.2) is 22.6 Å². The standard InChI is InChI=1S/C18H21ClFN3O5/c1-10-17(23-11(2)28-10)18(26)21-6-5-12(24)8-22-16(25)9-27-13-3-4-14(19)15(20)7-13/h3-4,7,12,24H,5-6,8-9H2,1-2H3,(H,21,26)(H,22,25). The van der Waals surface area contributed by atoms with E-state index in [1.165, 1.54) is 12.1 Å². The number of benzene rings is 1. The second-order valence-corrected chi connectivity index (χ2v) is 6.41. The van der Waals surface area contributed by atoms with Crippen molar-refractivity contribution >= 4 is 23.4 Å². The van der Waals surface area contributed by atoms with E-state index in [1.54, 1.807) is 13.8 Å². The van der Waals surface area contributed by atoms with E-state index in [0.29, 0.717) is 11.7 Å². The van der Waals surface area contributed by atoms with Crippen LogP contribution >= 0.6 is 11.6 Å². The number of nitrogens with zero attached hydrogens (tertiary/aromatic N) is 1. The summed E-state index contributed by atoms with van der Waals surface area (Å²) < 4.78 is 23.6. The molecular weight excluding hydrogens is 393 g/mol. The molecule has 2 rings (SSSR count). The fraction of sp³-hybridized carbons (Fsp3) is 0.389. The molecule has 1 aromatic heterocycles. The molecule has 8 nitrogen and oxygen atoms in total. The van der Waals surface area contributed by atoms with Gasteiger partial charge in [-0.25, -0.2) is 9.37 Å². The molecule has 2 aromatic rings. The van der Waals surface area contributed by atoms with Gasteiger partial charge in [-0.3, -0.25) is 9.59 Å². The SMILES string of the molecule is Cc1nc(C(=O)NCCC(O)CNC(=O)COc2ccc(Cl)c(F)c2)c(C)o1. The Morgan fingerprint density at radius 1 is 1.36 bits per heavy atom. The summed E-state index contributed by atoms with van der Waals surface area (Å²) >= 11 is 5.56. The predicted molar refractivity (Wildman–Crippen MR) is 98.8 cm³/mol. The summed E-state index contributed by atoms with van der Waals surface area (Å²) in [5.74, 6) is -0.537. The number of carbonyl (C=O) groups excluding carboxylic acids is 2.